The van der Waals surface area contributed by atoms with Gasteiger partial charge < -0.3 is 4.74 Å². The highest BCUT2D eigenvalue weighted by Crippen LogP contribution is 2.43. The molecule has 0 radical (unpaired) electrons. The number of hydrogen-bond donors (Lipinski definition) is 0. The van der Waals surface area contributed by atoms with Crippen LogP contribution in [0.3, 0.4) is 0 Å². The normalized spacial score (nSPS) is 13.8. The summed E-state index contributed by atoms with van der Waals surface area (Å²) in [5.41, 5.74) is 4.70. The SMILES string of the molecule is CC=CC1=C(C)c2cc(Br)ccc2Oc2ccccc21. The van der Waals surface area contributed by atoms with Gasteiger partial charge in [0.15, 0.2) is 0 Å². The van der Waals surface area contributed by atoms with Crippen molar-refractivity contribution in [1.82, 2.24) is 0 Å². The predicted molar refractivity (Wildman–Crippen MR) is 88.0 cm³/mol. The third-order valence-electron chi connectivity index (χ3n) is 3.48. The van der Waals surface area contributed by atoms with Crippen LogP contribution in [-0.4, -0.2) is 0 Å². The summed E-state index contributed by atoms with van der Waals surface area (Å²) in [6, 6.07) is 14.3. The zero-order valence-corrected chi connectivity index (χ0v) is 13.1. The lowest BCUT2D eigenvalue weighted by Gasteiger charge is -2.09. The molecular weight excluding hydrogens is 312 g/mol. The van der Waals surface area contributed by atoms with Crippen molar-refractivity contribution in [1.29, 1.82) is 0 Å². The van der Waals surface area contributed by atoms with Gasteiger partial charge in [-0.2, -0.15) is 0 Å². The van der Waals surface area contributed by atoms with E-state index in [1.54, 1.807) is 0 Å². The van der Waals surface area contributed by atoms with Crippen molar-refractivity contribution >= 4 is 27.1 Å². The Balaban J connectivity index is 2.35. The maximum atomic E-state index is 6.11. The lowest BCUT2D eigenvalue weighted by Crippen LogP contribution is -1.88. The van der Waals surface area contributed by atoms with Crippen LogP contribution in [0.5, 0.6) is 11.5 Å². The van der Waals surface area contributed by atoms with E-state index in [-0.39, 0.29) is 0 Å². The molecule has 20 heavy (non-hydrogen) atoms. The molecule has 2 heteroatoms. The monoisotopic (exact) mass is 326 g/mol. The fourth-order valence-corrected chi connectivity index (χ4v) is 2.87. The van der Waals surface area contributed by atoms with Gasteiger partial charge in [0.05, 0.1) is 0 Å². The van der Waals surface area contributed by atoms with Crippen molar-refractivity contribution in [2.45, 2.75) is 13.8 Å². The summed E-state index contributed by atoms with van der Waals surface area (Å²) in [7, 11) is 0. The zero-order valence-electron chi connectivity index (χ0n) is 11.5. The van der Waals surface area contributed by atoms with Crippen molar-refractivity contribution in [3.05, 3.63) is 70.2 Å². The van der Waals surface area contributed by atoms with Gasteiger partial charge in [-0.25, -0.2) is 0 Å². The fourth-order valence-electron chi connectivity index (χ4n) is 2.51. The molecule has 100 valence electrons. The van der Waals surface area contributed by atoms with E-state index in [0.29, 0.717) is 0 Å². The molecular formula is C18H15BrO. The molecule has 1 heterocycles. The van der Waals surface area contributed by atoms with Gasteiger partial charge in [-0.3, -0.25) is 0 Å². The van der Waals surface area contributed by atoms with E-state index >= 15 is 0 Å². The van der Waals surface area contributed by atoms with Gasteiger partial charge in [-0.15, -0.1) is 0 Å². The number of rotatable bonds is 1. The van der Waals surface area contributed by atoms with Crippen LogP contribution in [0.2, 0.25) is 0 Å². The average molecular weight is 327 g/mol. The Kier molecular flexibility index (Phi) is 3.49. The molecule has 0 N–H and O–H groups in total. The molecule has 0 amide bonds. The second-order valence-corrected chi connectivity index (χ2v) is 5.69. The van der Waals surface area contributed by atoms with Crippen molar-refractivity contribution in [3.63, 3.8) is 0 Å². The standard InChI is InChI=1S/C18H15BrO/c1-3-6-14-12(2)16-11-13(19)9-10-18(16)20-17-8-5-4-7-15(14)17/h3-11H,1-2H3. The summed E-state index contributed by atoms with van der Waals surface area (Å²) in [5.74, 6) is 1.80. The first-order valence-corrected chi connectivity index (χ1v) is 7.40. The molecule has 0 aliphatic carbocycles. The molecule has 0 atom stereocenters. The largest absolute Gasteiger partial charge is 0.456 e. The van der Waals surface area contributed by atoms with Crippen molar-refractivity contribution < 1.29 is 4.74 Å². The zero-order chi connectivity index (χ0) is 14.1. The molecule has 0 fully saturated rings. The molecule has 1 nitrogen and oxygen atoms in total. The fraction of sp³-hybridized carbons (Fsp3) is 0.111. The van der Waals surface area contributed by atoms with Crippen LogP contribution in [0.1, 0.15) is 25.0 Å². The summed E-state index contributed by atoms with van der Waals surface area (Å²) in [6.45, 7) is 4.18. The van der Waals surface area contributed by atoms with E-state index < -0.39 is 0 Å². The minimum atomic E-state index is 0.901. The third-order valence-corrected chi connectivity index (χ3v) is 3.97. The minimum absolute atomic E-state index is 0.901. The third kappa shape index (κ3) is 2.20. The number of hydrogen-bond acceptors (Lipinski definition) is 1. The number of halogens is 1. The molecule has 0 saturated carbocycles. The number of allylic oxidation sites excluding steroid dienone is 4. The van der Waals surface area contributed by atoms with Gasteiger partial charge in [-0.05, 0) is 49.3 Å². The minimum Gasteiger partial charge on any atom is -0.456 e. The van der Waals surface area contributed by atoms with E-state index in [1.165, 1.54) is 11.1 Å². The predicted octanol–water partition coefficient (Wildman–Crippen LogP) is 6.06. The van der Waals surface area contributed by atoms with E-state index in [4.69, 9.17) is 4.74 Å². The van der Waals surface area contributed by atoms with Gasteiger partial charge >= 0.3 is 0 Å². The van der Waals surface area contributed by atoms with Crippen LogP contribution in [0, 0.1) is 0 Å². The van der Waals surface area contributed by atoms with Gasteiger partial charge in [0.25, 0.3) is 0 Å². The lowest BCUT2D eigenvalue weighted by atomic mass is 9.95. The molecule has 0 unspecified atom stereocenters. The molecule has 0 saturated heterocycles. The second-order valence-electron chi connectivity index (χ2n) is 4.78. The van der Waals surface area contributed by atoms with E-state index in [9.17, 15) is 0 Å². The molecule has 1 aliphatic rings. The highest BCUT2D eigenvalue weighted by Gasteiger charge is 2.19. The van der Waals surface area contributed by atoms with Crippen LogP contribution in [0.4, 0.5) is 0 Å². The topological polar surface area (TPSA) is 9.23 Å². The molecule has 0 spiro atoms. The highest BCUT2D eigenvalue weighted by atomic mass is 79.9. The van der Waals surface area contributed by atoms with Crippen molar-refractivity contribution in [2.75, 3.05) is 0 Å². The van der Waals surface area contributed by atoms with Crippen molar-refractivity contribution in [2.24, 2.45) is 0 Å². The Labute approximate surface area is 127 Å². The first-order chi connectivity index (χ1) is 9.70. The second kappa shape index (κ2) is 5.29. The Morgan fingerprint density at radius 2 is 1.75 bits per heavy atom. The van der Waals surface area contributed by atoms with Crippen molar-refractivity contribution in [3.8, 4) is 11.5 Å². The Morgan fingerprint density at radius 1 is 1.00 bits per heavy atom. The number of para-hydroxylation sites is 1. The van der Waals surface area contributed by atoms with Gasteiger partial charge in [0.1, 0.15) is 11.5 Å². The molecule has 3 rings (SSSR count). The highest BCUT2D eigenvalue weighted by molar-refractivity contribution is 9.10. The molecule has 0 bridgehead atoms. The van der Waals surface area contributed by atoms with Crippen LogP contribution < -0.4 is 4.74 Å². The number of benzene rings is 2. The summed E-state index contributed by atoms with van der Waals surface area (Å²) < 4.78 is 7.17. The first kappa shape index (κ1) is 13.2. The Morgan fingerprint density at radius 3 is 2.55 bits per heavy atom. The van der Waals surface area contributed by atoms with Gasteiger partial charge in [0.2, 0.25) is 0 Å². The lowest BCUT2D eigenvalue weighted by molar-refractivity contribution is 0.481. The summed E-state index contributed by atoms with van der Waals surface area (Å²) in [5, 5.41) is 0. The summed E-state index contributed by atoms with van der Waals surface area (Å²) >= 11 is 3.54. The van der Waals surface area contributed by atoms with Gasteiger partial charge in [-0.1, -0.05) is 46.3 Å². The quantitative estimate of drug-likeness (QED) is 0.618. The smallest absolute Gasteiger partial charge is 0.135 e. The first-order valence-electron chi connectivity index (χ1n) is 6.61. The number of ether oxygens (including phenoxy) is 1. The molecule has 2 aromatic rings. The number of fused-ring (bicyclic) bond motifs is 2. The van der Waals surface area contributed by atoms with E-state index in [1.807, 2.05) is 37.3 Å². The van der Waals surface area contributed by atoms with Crippen LogP contribution >= 0.6 is 15.9 Å². The van der Waals surface area contributed by atoms with E-state index in [0.717, 1.165) is 27.1 Å². The maximum absolute atomic E-state index is 6.11. The van der Waals surface area contributed by atoms with Crippen LogP contribution in [0.15, 0.2) is 59.1 Å². The van der Waals surface area contributed by atoms with Gasteiger partial charge in [0, 0.05) is 15.6 Å². The Bertz CT molecular complexity index is 726. The molecule has 1 aliphatic heterocycles. The Hall–Kier alpha value is -1.80. The van der Waals surface area contributed by atoms with Crippen LogP contribution in [0.25, 0.3) is 11.1 Å². The summed E-state index contributed by atoms with van der Waals surface area (Å²) in [6.07, 6.45) is 4.21. The molecule has 0 aromatic heterocycles. The average Bonchev–Trinajstić information content (AvgIpc) is 2.57. The summed E-state index contributed by atoms with van der Waals surface area (Å²) in [4.78, 5) is 0. The maximum Gasteiger partial charge on any atom is 0.135 e. The van der Waals surface area contributed by atoms with E-state index in [2.05, 4.69) is 47.1 Å². The molecule has 2 aromatic carbocycles. The van der Waals surface area contributed by atoms with Crippen LogP contribution in [-0.2, 0) is 0 Å².